The van der Waals surface area contributed by atoms with E-state index in [2.05, 4.69) is 22.8 Å². The number of rotatable bonds is 9. The number of imide groups is 1. The normalized spacial score (nSPS) is 15.1. The maximum Gasteiger partial charge on any atom is 0.290 e. The Kier molecular flexibility index (Phi) is 7.74. The summed E-state index contributed by atoms with van der Waals surface area (Å²) >= 11 is 1.11. The molecule has 1 fully saturated rings. The molecule has 0 aliphatic carbocycles. The van der Waals surface area contributed by atoms with Crippen molar-refractivity contribution in [1.29, 1.82) is 0 Å². The number of aryl methyl sites for hydroxylation is 1. The van der Waals surface area contributed by atoms with Gasteiger partial charge in [-0.15, -0.1) is 0 Å². The van der Waals surface area contributed by atoms with E-state index in [0.717, 1.165) is 45.5 Å². The lowest BCUT2D eigenvalue weighted by Crippen LogP contribution is -2.51. The second-order valence-electron chi connectivity index (χ2n) is 11.2. The Labute approximate surface area is 267 Å². The number of hydrogen-bond acceptors (Lipinski definition) is 4. The standard InChI is InChI=1S/C39H32N2O3S/c1-40-33(26-29-13-11-12-20-35(29)40)27-44-34-23-21-28(22-24-34)25-36-37(42)41(38(43)45-36)39(30-14-5-2-6-15-30,31-16-7-3-8-17-31)32-18-9-4-10-19-32/h2-24,26,36H,25,27H2,1H3. The summed E-state index contributed by atoms with van der Waals surface area (Å²) in [7, 11) is 2.05. The Morgan fingerprint density at radius 3 is 1.78 bits per heavy atom. The van der Waals surface area contributed by atoms with Crippen molar-refractivity contribution in [3.05, 3.63) is 174 Å². The zero-order valence-electron chi connectivity index (χ0n) is 24.9. The summed E-state index contributed by atoms with van der Waals surface area (Å²) in [5, 5.41) is 0.388. The zero-order valence-corrected chi connectivity index (χ0v) is 25.7. The molecule has 2 amide bonds. The van der Waals surface area contributed by atoms with E-state index in [1.807, 2.05) is 134 Å². The SMILES string of the molecule is Cn1c(COc2ccc(CC3SC(=O)N(C(c4ccccc4)(c4ccccc4)c4ccccc4)C3=O)cc2)cc2ccccc21. The number of para-hydroxylation sites is 1. The van der Waals surface area contributed by atoms with Crippen LogP contribution in [-0.2, 0) is 30.4 Å². The van der Waals surface area contributed by atoms with Crippen LogP contribution in [-0.4, -0.2) is 25.9 Å². The van der Waals surface area contributed by atoms with Gasteiger partial charge in [0.1, 0.15) is 17.9 Å². The van der Waals surface area contributed by atoms with Gasteiger partial charge >= 0.3 is 0 Å². The minimum absolute atomic E-state index is 0.197. The largest absolute Gasteiger partial charge is 0.487 e. The first-order chi connectivity index (χ1) is 22.1. The van der Waals surface area contributed by atoms with Gasteiger partial charge in [-0.2, -0.15) is 0 Å². The second-order valence-corrected chi connectivity index (χ2v) is 12.4. The van der Waals surface area contributed by atoms with Gasteiger partial charge in [0.15, 0.2) is 0 Å². The van der Waals surface area contributed by atoms with Crippen LogP contribution in [0.5, 0.6) is 5.75 Å². The van der Waals surface area contributed by atoms with Gasteiger partial charge in [-0.05, 0) is 58.3 Å². The maximum atomic E-state index is 14.4. The van der Waals surface area contributed by atoms with E-state index in [-0.39, 0.29) is 11.1 Å². The molecule has 1 atom stereocenters. The van der Waals surface area contributed by atoms with Crippen LogP contribution < -0.4 is 4.74 Å². The minimum Gasteiger partial charge on any atom is -0.487 e. The Bertz CT molecular complexity index is 1860. The molecular weight excluding hydrogens is 577 g/mol. The van der Waals surface area contributed by atoms with Gasteiger partial charge in [0.05, 0.1) is 10.9 Å². The van der Waals surface area contributed by atoms with Crippen molar-refractivity contribution >= 4 is 33.8 Å². The maximum absolute atomic E-state index is 14.4. The van der Waals surface area contributed by atoms with Crippen molar-refractivity contribution in [3.63, 3.8) is 0 Å². The Morgan fingerprint density at radius 1 is 0.689 bits per heavy atom. The van der Waals surface area contributed by atoms with Crippen LogP contribution in [0.25, 0.3) is 10.9 Å². The molecule has 0 N–H and O–H groups in total. The summed E-state index contributed by atoms with van der Waals surface area (Å²) in [6, 6.07) is 47.8. The Balaban J connectivity index is 1.15. The summed E-state index contributed by atoms with van der Waals surface area (Å²) in [5.41, 5.74) is 4.69. The molecule has 45 heavy (non-hydrogen) atoms. The second kappa shape index (κ2) is 12.1. The molecular formula is C39H32N2O3S. The number of thioether (sulfide) groups is 1. The minimum atomic E-state index is -1.11. The molecule has 1 aromatic heterocycles. The summed E-state index contributed by atoms with van der Waals surface area (Å²) in [4.78, 5) is 29.8. The van der Waals surface area contributed by atoms with E-state index >= 15 is 0 Å². The molecule has 6 aromatic rings. The Morgan fingerprint density at radius 2 is 1.22 bits per heavy atom. The molecule has 5 aromatic carbocycles. The molecule has 222 valence electrons. The molecule has 0 spiro atoms. The van der Waals surface area contributed by atoms with Crippen LogP contribution in [0.1, 0.15) is 27.9 Å². The fourth-order valence-corrected chi connectivity index (χ4v) is 7.45. The molecule has 1 aliphatic rings. The average molecular weight is 609 g/mol. The number of aromatic nitrogens is 1. The lowest BCUT2D eigenvalue weighted by atomic mass is 9.75. The molecule has 1 aliphatic heterocycles. The van der Waals surface area contributed by atoms with Crippen LogP contribution in [0.15, 0.2) is 146 Å². The highest BCUT2D eigenvalue weighted by Crippen LogP contribution is 2.47. The van der Waals surface area contributed by atoms with Crippen molar-refractivity contribution in [2.75, 3.05) is 0 Å². The molecule has 1 saturated heterocycles. The van der Waals surface area contributed by atoms with E-state index in [0.29, 0.717) is 13.0 Å². The van der Waals surface area contributed by atoms with Crippen molar-refractivity contribution in [1.82, 2.24) is 9.47 Å². The monoisotopic (exact) mass is 608 g/mol. The summed E-state index contributed by atoms with van der Waals surface area (Å²) < 4.78 is 8.27. The summed E-state index contributed by atoms with van der Waals surface area (Å²) in [6.45, 7) is 0.450. The molecule has 6 heteroatoms. The van der Waals surface area contributed by atoms with Gasteiger partial charge in [-0.1, -0.05) is 133 Å². The lowest BCUT2D eigenvalue weighted by molar-refractivity contribution is -0.129. The van der Waals surface area contributed by atoms with Crippen molar-refractivity contribution in [3.8, 4) is 5.75 Å². The lowest BCUT2D eigenvalue weighted by Gasteiger charge is -2.42. The van der Waals surface area contributed by atoms with Crippen LogP contribution in [0, 0.1) is 0 Å². The quantitative estimate of drug-likeness (QED) is 0.155. The number of amides is 2. The molecule has 1 unspecified atom stereocenters. The van der Waals surface area contributed by atoms with E-state index in [9.17, 15) is 9.59 Å². The highest BCUT2D eigenvalue weighted by atomic mass is 32.2. The third kappa shape index (κ3) is 5.21. The smallest absolute Gasteiger partial charge is 0.290 e. The van der Waals surface area contributed by atoms with Crippen LogP contribution in [0.4, 0.5) is 4.79 Å². The van der Waals surface area contributed by atoms with E-state index in [4.69, 9.17) is 4.74 Å². The predicted octanol–water partition coefficient (Wildman–Crippen LogP) is 8.36. The van der Waals surface area contributed by atoms with Gasteiger partial charge in [-0.25, -0.2) is 0 Å². The van der Waals surface area contributed by atoms with Gasteiger partial charge in [0, 0.05) is 12.6 Å². The van der Waals surface area contributed by atoms with Crippen LogP contribution >= 0.6 is 11.8 Å². The Hall–Kier alpha value is -5.07. The number of fused-ring (bicyclic) bond motifs is 1. The fourth-order valence-electron chi connectivity index (χ4n) is 6.39. The van der Waals surface area contributed by atoms with E-state index < -0.39 is 10.8 Å². The first kappa shape index (κ1) is 28.7. The molecule has 0 bridgehead atoms. The zero-order chi connectivity index (χ0) is 30.8. The number of carbonyl (C=O) groups is 2. The van der Waals surface area contributed by atoms with E-state index in [1.165, 1.54) is 15.8 Å². The van der Waals surface area contributed by atoms with Crippen LogP contribution in [0.3, 0.4) is 0 Å². The molecule has 2 heterocycles. The average Bonchev–Trinajstić information content (AvgIpc) is 3.56. The van der Waals surface area contributed by atoms with Gasteiger partial charge < -0.3 is 9.30 Å². The van der Waals surface area contributed by atoms with Gasteiger partial charge in [0.2, 0.25) is 5.91 Å². The van der Waals surface area contributed by atoms with Gasteiger partial charge in [-0.3, -0.25) is 14.5 Å². The van der Waals surface area contributed by atoms with Crippen molar-refractivity contribution in [2.45, 2.75) is 23.8 Å². The van der Waals surface area contributed by atoms with Crippen LogP contribution in [0.2, 0.25) is 0 Å². The molecule has 0 saturated carbocycles. The van der Waals surface area contributed by atoms with Crippen molar-refractivity contribution < 1.29 is 14.3 Å². The first-order valence-corrected chi connectivity index (χ1v) is 15.9. The predicted molar refractivity (Wildman–Crippen MR) is 180 cm³/mol. The number of hydrogen-bond donors (Lipinski definition) is 0. The summed E-state index contributed by atoms with van der Waals surface area (Å²) in [5.74, 6) is 0.556. The molecule has 5 nitrogen and oxygen atoms in total. The number of benzene rings is 5. The molecule has 7 rings (SSSR count). The molecule has 0 radical (unpaired) electrons. The highest BCUT2D eigenvalue weighted by Gasteiger charge is 2.53. The number of nitrogens with zero attached hydrogens (tertiary/aromatic N) is 2. The third-order valence-corrected chi connectivity index (χ3v) is 9.65. The van der Waals surface area contributed by atoms with Crippen molar-refractivity contribution in [2.24, 2.45) is 7.05 Å². The third-order valence-electron chi connectivity index (χ3n) is 8.61. The fraction of sp³-hybridized carbons (Fsp3) is 0.128. The summed E-state index contributed by atoms with van der Waals surface area (Å²) in [6.07, 6.45) is 0.434. The topological polar surface area (TPSA) is 51.5 Å². The first-order valence-electron chi connectivity index (χ1n) is 15.0. The van der Waals surface area contributed by atoms with E-state index in [1.54, 1.807) is 0 Å². The number of ether oxygens (including phenoxy) is 1. The number of carbonyl (C=O) groups excluding carboxylic acids is 2. The van der Waals surface area contributed by atoms with Gasteiger partial charge in [0.25, 0.3) is 5.24 Å². The highest BCUT2D eigenvalue weighted by molar-refractivity contribution is 8.15.